The highest BCUT2D eigenvalue weighted by molar-refractivity contribution is 6.63. The van der Waals surface area contributed by atoms with Crippen LogP contribution < -0.4 is 0 Å². The highest BCUT2D eigenvalue weighted by Crippen LogP contribution is 2.21. The van der Waals surface area contributed by atoms with Gasteiger partial charge in [-0.3, -0.25) is 4.79 Å². The van der Waals surface area contributed by atoms with Gasteiger partial charge in [0.25, 0.3) is 0 Å². The van der Waals surface area contributed by atoms with E-state index in [1.165, 1.54) is 12.2 Å². The molecule has 3 heteroatoms. The highest BCUT2D eigenvalue weighted by atomic mass is 35.5. The summed E-state index contributed by atoms with van der Waals surface area (Å²) in [6.45, 7) is 0. The monoisotopic (exact) mass is 188 g/mol. The SMILES string of the molecule is O=C(Cl)CCC1C=CC(F)=CC1. The summed E-state index contributed by atoms with van der Waals surface area (Å²) in [7, 11) is 0. The minimum Gasteiger partial charge on any atom is -0.281 e. The molecule has 0 radical (unpaired) electrons. The molecule has 1 aliphatic carbocycles. The smallest absolute Gasteiger partial charge is 0.221 e. The van der Waals surface area contributed by atoms with Crippen molar-refractivity contribution in [1.82, 2.24) is 0 Å². The number of hydrogen-bond donors (Lipinski definition) is 0. The van der Waals surface area contributed by atoms with E-state index in [0.717, 1.165) is 0 Å². The fraction of sp³-hybridized carbons (Fsp3) is 0.444. The molecular formula is C9H10ClFO. The molecular weight excluding hydrogens is 179 g/mol. The maximum atomic E-state index is 12.4. The molecule has 1 unspecified atom stereocenters. The Kier molecular flexibility index (Phi) is 3.48. The first-order chi connectivity index (χ1) is 5.68. The minimum absolute atomic E-state index is 0.191. The molecule has 1 rings (SSSR count). The van der Waals surface area contributed by atoms with Crippen molar-refractivity contribution in [2.24, 2.45) is 5.92 Å². The minimum atomic E-state index is -0.321. The van der Waals surface area contributed by atoms with E-state index in [-0.39, 0.29) is 17.0 Å². The molecule has 0 bridgehead atoms. The Morgan fingerprint density at radius 1 is 1.75 bits per heavy atom. The molecule has 0 N–H and O–H groups in total. The molecule has 1 aliphatic rings. The fourth-order valence-electron chi connectivity index (χ4n) is 1.15. The molecule has 0 heterocycles. The van der Waals surface area contributed by atoms with Gasteiger partial charge in [0, 0.05) is 6.42 Å². The van der Waals surface area contributed by atoms with Gasteiger partial charge >= 0.3 is 0 Å². The molecule has 0 aromatic rings. The Bertz CT molecular complexity index is 233. The Hall–Kier alpha value is -0.630. The number of carbonyl (C=O) groups is 1. The molecule has 0 saturated heterocycles. The molecule has 66 valence electrons. The van der Waals surface area contributed by atoms with E-state index in [2.05, 4.69) is 0 Å². The van der Waals surface area contributed by atoms with Gasteiger partial charge < -0.3 is 0 Å². The molecule has 0 saturated carbocycles. The summed E-state index contributed by atoms with van der Waals surface area (Å²) in [5.41, 5.74) is 0. The van der Waals surface area contributed by atoms with Crippen LogP contribution in [-0.4, -0.2) is 5.24 Å². The first-order valence-corrected chi connectivity index (χ1v) is 4.28. The summed E-state index contributed by atoms with van der Waals surface area (Å²) in [6.07, 6.45) is 6.51. The van der Waals surface area contributed by atoms with Crippen LogP contribution in [0.1, 0.15) is 19.3 Å². The molecule has 1 atom stereocenters. The molecule has 12 heavy (non-hydrogen) atoms. The summed E-state index contributed by atoms with van der Waals surface area (Å²) < 4.78 is 12.4. The molecule has 0 amide bonds. The van der Waals surface area contributed by atoms with Crippen LogP contribution in [0.2, 0.25) is 0 Å². The maximum absolute atomic E-state index is 12.4. The van der Waals surface area contributed by atoms with Gasteiger partial charge in [-0.05, 0) is 42.5 Å². The van der Waals surface area contributed by atoms with Gasteiger partial charge in [0.15, 0.2) is 0 Å². The fourth-order valence-corrected chi connectivity index (χ4v) is 1.26. The van der Waals surface area contributed by atoms with Crippen molar-refractivity contribution in [3.8, 4) is 0 Å². The number of hydrogen-bond acceptors (Lipinski definition) is 1. The number of carbonyl (C=O) groups excluding carboxylic acids is 1. The lowest BCUT2D eigenvalue weighted by molar-refractivity contribution is -0.111. The molecule has 0 fully saturated rings. The van der Waals surface area contributed by atoms with Crippen LogP contribution in [0.5, 0.6) is 0 Å². The Morgan fingerprint density at radius 2 is 2.50 bits per heavy atom. The average molecular weight is 189 g/mol. The Morgan fingerprint density at radius 3 is 3.00 bits per heavy atom. The van der Waals surface area contributed by atoms with Gasteiger partial charge in [-0.15, -0.1) is 0 Å². The second-order valence-electron chi connectivity index (χ2n) is 2.84. The highest BCUT2D eigenvalue weighted by Gasteiger charge is 2.09. The van der Waals surface area contributed by atoms with Crippen molar-refractivity contribution in [2.45, 2.75) is 19.3 Å². The van der Waals surface area contributed by atoms with Crippen molar-refractivity contribution in [3.63, 3.8) is 0 Å². The third-order valence-electron chi connectivity index (χ3n) is 1.85. The second kappa shape index (κ2) is 4.41. The lowest BCUT2D eigenvalue weighted by Crippen LogP contribution is -2.00. The topological polar surface area (TPSA) is 17.1 Å². The van der Waals surface area contributed by atoms with Crippen molar-refractivity contribution >= 4 is 16.8 Å². The lowest BCUT2D eigenvalue weighted by atomic mass is 9.96. The number of halogens is 2. The van der Waals surface area contributed by atoms with E-state index in [4.69, 9.17) is 11.6 Å². The third-order valence-corrected chi connectivity index (χ3v) is 2.04. The van der Waals surface area contributed by atoms with Crippen molar-refractivity contribution < 1.29 is 9.18 Å². The zero-order chi connectivity index (χ0) is 8.97. The van der Waals surface area contributed by atoms with Crippen LogP contribution in [0.4, 0.5) is 4.39 Å². The molecule has 1 nitrogen and oxygen atoms in total. The predicted octanol–water partition coefficient (Wildman–Crippen LogP) is 2.96. The van der Waals surface area contributed by atoms with Gasteiger partial charge in [0.1, 0.15) is 5.83 Å². The number of allylic oxidation sites excluding steroid dienone is 4. The van der Waals surface area contributed by atoms with Gasteiger partial charge in [-0.1, -0.05) is 6.08 Å². The zero-order valence-corrected chi connectivity index (χ0v) is 7.35. The second-order valence-corrected chi connectivity index (χ2v) is 3.26. The van der Waals surface area contributed by atoms with E-state index in [1.807, 2.05) is 0 Å². The maximum Gasteiger partial charge on any atom is 0.221 e. The summed E-state index contributed by atoms with van der Waals surface area (Å²) >= 11 is 5.17. The van der Waals surface area contributed by atoms with Crippen LogP contribution in [-0.2, 0) is 4.79 Å². The number of rotatable bonds is 3. The van der Waals surface area contributed by atoms with Gasteiger partial charge in [0.2, 0.25) is 5.24 Å². The molecule has 0 aromatic heterocycles. The average Bonchev–Trinajstić information content (AvgIpc) is 2.03. The largest absolute Gasteiger partial charge is 0.281 e. The van der Waals surface area contributed by atoms with Crippen LogP contribution in [0.25, 0.3) is 0 Å². The third kappa shape index (κ3) is 3.18. The molecule has 0 aliphatic heterocycles. The lowest BCUT2D eigenvalue weighted by Gasteiger charge is -2.11. The summed E-state index contributed by atoms with van der Waals surface area (Å²) in [5.74, 6) is 0.0793. The quantitative estimate of drug-likeness (QED) is 0.623. The Balaban J connectivity index is 2.29. The first-order valence-electron chi connectivity index (χ1n) is 3.90. The van der Waals surface area contributed by atoms with Crippen LogP contribution in [0.3, 0.4) is 0 Å². The van der Waals surface area contributed by atoms with Crippen LogP contribution >= 0.6 is 11.6 Å². The van der Waals surface area contributed by atoms with E-state index in [9.17, 15) is 9.18 Å². The van der Waals surface area contributed by atoms with E-state index in [1.54, 1.807) is 6.08 Å². The van der Waals surface area contributed by atoms with E-state index in [0.29, 0.717) is 19.3 Å². The summed E-state index contributed by atoms with van der Waals surface area (Å²) in [6, 6.07) is 0. The van der Waals surface area contributed by atoms with Gasteiger partial charge in [0.05, 0.1) is 0 Å². The van der Waals surface area contributed by atoms with Gasteiger partial charge in [-0.2, -0.15) is 0 Å². The van der Waals surface area contributed by atoms with Crippen molar-refractivity contribution in [3.05, 3.63) is 24.1 Å². The van der Waals surface area contributed by atoms with Gasteiger partial charge in [-0.25, -0.2) is 4.39 Å². The van der Waals surface area contributed by atoms with Crippen molar-refractivity contribution in [1.29, 1.82) is 0 Å². The van der Waals surface area contributed by atoms with Crippen LogP contribution in [0, 0.1) is 5.92 Å². The first kappa shape index (κ1) is 9.46. The summed E-state index contributed by atoms with van der Waals surface area (Å²) in [4.78, 5) is 10.4. The van der Waals surface area contributed by atoms with E-state index < -0.39 is 0 Å². The van der Waals surface area contributed by atoms with E-state index >= 15 is 0 Å². The molecule has 0 aromatic carbocycles. The summed E-state index contributed by atoms with van der Waals surface area (Å²) in [5, 5.41) is -0.321. The standard InChI is InChI=1S/C9H10ClFO/c10-9(12)6-3-7-1-4-8(11)5-2-7/h1,4-5,7H,2-3,6H2. The molecule has 0 spiro atoms. The van der Waals surface area contributed by atoms with Crippen LogP contribution in [0.15, 0.2) is 24.1 Å². The van der Waals surface area contributed by atoms with Crippen molar-refractivity contribution in [2.75, 3.05) is 0 Å². The normalized spacial score (nSPS) is 22.2. The predicted molar refractivity (Wildman–Crippen MR) is 46.5 cm³/mol. The zero-order valence-electron chi connectivity index (χ0n) is 6.59. The Labute approximate surface area is 75.9 Å².